The largest absolute Gasteiger partial charge is 0.377 e. The van der Waals surface area contributed by atoms with Crippen LogP contribution < -0.4 is 4.72 Å². The first-order chi connectivity index (χ1) is 22.7. The molecule has 286 valence electrons. The van der Waals surface area contributed by atoms with E-state index < -0.39 is 25.3 Å². The van der Waals surface area contributed by atoms with Crippen molar-refractivity contribution < 1.29 is 27.7 Å². The maximum absolute atomic E-state index is 12.0. The van der Waals surface area contributed by atoms with Crippen LogP contribution in [0, 0.1) is 17.8 Å². The van der Waals surface area contributed by atoms with Crippen LogP contribution in [0.4, 0.5) is 0 Å². The van der Waals surface area contributed by atoms with Gasteiger partial charge in [0, 0.05) is 46.1 Å². The monoisotopic (exact) mass is 723 g/mol. The zero-order chi connectivity index (χ0) is 36.3. The number of likely N-dealkylation sites (tertiary alicyclic amines) is 1. The number of nitrogens with one attached hydrogen (secondary N) is 1. The van der Waals surface area contributed by atoms with Gasteiger partial charge in [-0.25, -0.2) is 25.9 Å². The first-order valence-corrected chi connectivity index (χ1v) is 21.8. The van der Waals surface area contributed by atoms with E-state index >= 15 is 0 Å². The highest BCUT2D eigenvalue weighted by Crippen LogP contribution is 2.27. The lowest BCUT2D eigenvalue weighted by atomic mass is 9.90. The van der Waals surface area contributed by atoms with Crippen LogP contribution in [0.2, 0.25) is 0 Å². The average Bonchev–Trinajstić information content (AvgIpc) is 3.07. The fourth-order valence-electron chi connectivity index (χ4n) is 6.32. The van der Waals surface area contributed by atoms with E-state index in [0.29, 0.717) is 44.9 Å². The minimum atomic E-state index is -3.18. The van der Waals surface area contributed by atoms with Gasteiger partial charge in [-0.05, 0) is 119 Å². The molecule has 0 amide bonds. The number of piperidine rings is 2. The van der Waals surface area contributed by atoms with Gasteiger partial charge in [0.2, 0.25) is 20.0 Å². The Morgan fingerprint density at radius 1 is 0.792 bits per heavy atom. The van der Waals surface area contributed by atoms with Gasteiger partial charge in [-0.15, -0.1) is 5.92 Å². The molecular weight excluding hydrogens is 649 g/mol. The molecule has 0 aromatic carbocycles. The first-order valence-electron chi connectivity index (χ1n) is 18.8. The molecule has 2 heterocycles. The summed E-state index contributed by atoms with van der Waals surface area (Å²) >= 11 is 0. The lowest BCUT2D eigenvalue weighted by Crippen LogP contribution is -2.44. The second-order valence-corrected chi connectivity index (χ2v) is 18.8. The van der Waals surface area contributed by atoms with E-state index in [1.807, 2.05) is 20.8 Å². The summed E-state index contributed by atoms with van der Waals surface area (Å²) in [5.74, 6) is 6.73. The van der Waals surface area contributed by atoms with Crippen LogP contribution in [0.5, 0.6) is 0 Å². The predicted molar refractivity (Wildman–Crippen MR) is 202 cm³/mol. The summed E-state index contributed by atoms with van der Waals surface area (Å²) in [6.45, 7) is 23.5. The van der Waals surface area contributed by atoms with Crippen molar-refractivity contribution in [3.63, 3.8) is 0 Å². The van der Waals surface area contributed by atoms with Crippen LogP contribution in [0.25, 0.3) is 0 Å². The van der Waals surface area contributed by atoms with Crippen LogP contribution in [0.15, 0.2) is 0 Å². The Kier molecular flexibility index (Phi) is 22.3. The van der Waals surface area contributed by atoms with Crippen molar-refractivity contribution in [2.45, 2.75) is 155 Å². The maximum Gasteiger partial charge on any atom is 0.216 e. The molecule has 3 fully saturated rings. The van der Waals surface area contributed by atoms with Crippen LogP contribution in [-0.4, -0.2) is 125 Å². The Hall–Kier alpha value is -0.780. The Morgan fingerprint density at radius 3 is 1.85 bits per heavy atom. The summed E-state index contributed by atoms with van der Waals surface area (Å²) in [5.41, 5.74) is 0. The van der Waals surface area contributed by atoms with Gasteiger partial charge in [-0.2, -0.15) is 0 Å². The van der Waals surface area contributed by atoms with Gasteiger partial charge >= 0.3 is 0 Å². The number of hydrogen-bond acceptors (Lipinski definition) is 8. The topological polar surface area (TPSA) is 108 Å². The molecule has 0 aromatic heterocycles. The Labute approximate surface area is 298 Å². The number of ether oxygens (including phenoxy) is 2. The zero-order valence-corrected chi connectivity index (χ0v) is 33.8. The highest BCUT2D eigenvalue weighted by atomic mass is 32.2. The number of sulfonamides is 2. The van der Waals surface area contributed by atoms with Crippen molar-refractivity contribution in [1.82, 2.24) is 18.8 Å². The third-order valence-electron chi connectivity index (χ3n) is 9.62. The summed E-state index contributed by atoms with van der Waals surface area (Å²) in [6, 6.07) is 1.34. The number of nitrogens with zero attached hydrogens (tertiary/aromatic N) is 3. The SMILES string of the molecule is CC.CC(C)N1CCC(CN(C)C2CCC(OCCNS(=O)(=O)C(C)C)CC2)CC1.CCC#CCOC1CCN(S(=O)(=O)C(C)C)CC1.[HH]. The van der Waals surface area contributed by atoms with Gasteiger partial charge in [-0.1, -0.05) is 26.7 Å². The van der Waals surface area contributed by atoms with Crippen LogP contribution in [0.1, 0.15) is 122 Å². The quantitative estimate of drug-likeness (QED) is 0.183. The lowest BCUT2D eigenvalue weighted by molar-refractivity contribution is 0.00992. The lowest BCUT2D eigenvalue weighted by Gasteiger charge is -2.39. The standard InChI is InChI=1S/C21H43N3O3S.C13H23NO3S.C2H6.H2/c1-17(2)24-13-10-19(11-14-24)16-23(5)20-6-8-21(9-7-20)27-15-12-22-28(25,26)18(3)4;1-4-5-6-11-17-13-7-9-14(10-8-13)18(15,16)12(2)3;1-2;/h17-22H,6-16H2,1-5H3;12-13H,4,7-11H2,1-3H3;1-2H3;1H. The van der Waals surface area contributed by atoms with Gasteiger partial charge in [0.1, 0.15) is 6.61 Å². The Balaban J connectivity index is 0.000000952. The summed E-state index contributed by atoms with van der Waals surface area (Å²) in [5, 5.41) is -0.735. The van der Waals surface area contributed by atoms with Crippen molar-refractivity contribution in [2.75, 3.05) is 59.5 Å². The molecule has 2 saturated heterocycles. The molecule has 0 aromatic rings. The molecule has 2 aliphatic heterocycles. The molecule has 0 unspecified atom stereocenters. The molecule has 1 saturated carbocycles. The smallest absolute Gasteiger partial charge is 0.216 e. The van der Waals surface area contributed by atoms with Crippen molar-refractivity contribution in [2.24, 2.45) is 5.92 Å². The normalized spacial score (nSPS) is 22.2. The molecule has 10 nitrogen and oxygen atoms in total. The van der Waals surface area contributed by atoms with Crippen LogP contribution in [0.3, 0.4) is 0 Å². The third-order valence-corrected chi connectivity index (χ3v) is 13.7. The van der Waals surface area contributed by atoms with Crippen LogP contribution in [-0.2, 0) is 29.5 Å². The highest BCUT2D eigenvalue weighted by Gasteiger charge is 2.31. The van der Waals surface area contributed by atoms with Gasteiger partial charge in [0.15, 0.2) is 0 Å². The van der Waals surface area contributed by atoms with E-state index in [1.165, 1.54) is 45.3 Å². The van der Waals surface area contributed by atoms with Crippen molar-refractivity contribution in [1.29, 1.82) is 0 Å². The van der Waals surface area contributed by atoms with Gasteiger partial charge in [-0.3, -0.25) is 0 Å². The fraction of sp³-hybridized carbons (Fsp3) is 0.944. The van der Waals surface area contributed by atoms with Gasteiger partial charge < -0.3 is 19.3 Å². The molecule has 1 N–H and O–H groups in total. The molecule has 3 aliphatic rings. The minimum Gasteiger partial charge on any atom is -0.377 e. The number of hydrogen-bond donors (Lipinski definition) is 1. The van der Waals surface area contributed by atoms with Crippen LogP contribution >= 0.6 is 0 Å². The molecule has 0 spiro atoms. The van der Waals surface area contributed by atoms with E-state index in [4.69, 9.17) is 9.47 Å². The van der Waals surface area contributed by atoms with Crippen molar-refractivity contribution >= 4 is 20.0 Å². The molecule has 0 bridgehead atoms. The van der Waals surface area contributed by atoms with Gasteiger partial charge in [0.25, 0.3) is 0 Å². The summed E-state index contributed by atoms with van der Waals surface area (Å²) in [7, 11) is -3.99. The van der Waals surface area contributed by atoms with E-state index in [0.717, 1.165) is 38.0 Å². The molecular formula is C36H74N4O6S2. The molecule has 3 rings (SSSR count). The maximum atomic E-state index is 12.0. The molecule has 12 heteroatoms. The average molecular weight is 723 g/mol. The molecule has 0 radical (unpaired) electrons. The summed E-state index contributed by atoms with van der Waals surface area (Å²) < 4.78 is 63.1. The van der Waals surface area contributed by atoms with E-state index in [1.54, 1.807) is 32.0 Å². The van der Waals surface area contributed by atoms with E-state index in [-0.39, 0.29) is 18.9 Å². The summed E-state index contributed by atoms with van der Waals surface area (Å²) in [4.78, 5) is 5.18. The fourth-order valence-corrected chi connectivity index (χ4v) is 8.34. The number of rotatable bonds is 14. The second kappa shape index (κ2) is 23.6. The van der Waals surface area contributed by atoms with E-state index in [2.05, 4.69) is 47.3 Å². The first kappa shape index (κ1) is 45.2. The van der Waals surface area contributed by atoms with Crippen molar-refractivity contribution in [3.05, 3.63) is 0 Å². The third kappa shape index (κ3) is 16.5. The predicted octanol–water partition coefficient (Wildman–Crippen LogP) is 5.59. The highest BCUT2D eigenvalue weighted by molar-refractivity contribution is 7.90. The second-order valence-electron chi connectivity index (χ2n) is 14.0. The minimum absolute atomic E-state index is 0. The Bertz CT molecular complexity index is 1120. The van der Waals surface area contributed by atoms with Gasteiger partial charge in [0.05, 0.1) is 29.3 Å². The summed E-state index contributed by atoms with van der Waals surface area (Å²) in [6.07, 6.45) is 9.98. The molecule has 48 heavy (non-hydrogen) atoms. The van der Waals surface area contributed by atoms with E-state index in [9.17, 15) is 16.8 Å². The zero-order valence-electron chi connectivity index (χ0n) is 32.2. The molecule has 1 aliphatic carbocycles. The van der Waals surface area contributed by atoms with Crippen molar-refractivity contribution in [3.8, 4) is 11.8 Å². The Morgan fingerprint density at radius 2 is 1.35 bits per heavy atom. The molecule has 0 atom stereocenters.